The first-order chi connectivity index (χ1) is 14.0. The van der Waals surface area contributed by atoms with Crippen LogP contribution in [0.2, 0.25) is 0 Å². The predicted octanol–water partition coefficient (Wildman–Crippen LogP) is 7.42. The molecule has 4 heteroatoms. The van der Waals surface area contributed by atoms with Gasteiger partial charge in [-0.3, -0.25) is 9.59 Å². The third-order valence-corrected chi connectivity index (χ3v) is 4.19. The largest absolute Gasteiger partial charge is 0.481 e. The summed E-state index contributed by atoms with van der Waals surface area (Å²) in [6, 6.07) is 0. The number of carbonyl (C=O) groups excluding carboxylic acids is 1. The highest BCUT2D eigenvalue weighted by atomic mass is 16.5. The van der Waals surface area contributed by atoms with E-state index in [0.29, 0.717) is 6.61 Å². The average molecular weight is 421 g/mol. The Morgan fingerprint density at radius 2 is 1.37 bits per heavy atom. The molecule has 0 heterocycles. The summed E-state index contributed by atoms with van der Waals surface area (Å²) in [7, 11) is 0. The van der Waals surface area contributed by atoms with Crippen LogP contribution in [0.4, 0.5) is 0 Å². The fourth-order valence-corrected chi connectivity index (χ4v) is 2.38. The lowest BCUT2D eigenvalue weighted by Crippen LogP contribution is -1.99. The van der Waals surface area contributed by atoms with Crippen LogP contribution < -0.4 is 0 Å². The maximum Gasteiger partial charge on any atom is 0.302 e. The highest BCUT2D eigenvalue weighted by Gasteiger charge is 2.22. The van der Waals surface area contributed by atoms with Crippen molar-refractivity contribution in [1.82, 2.24) is 0 Å². The topological polar surface area (TPSA) is 63.6 Å². The van der Waals surface area contributed by atoms with Crippen LogP contribution in [0.5, 0.6) is 0 Å². The lowest BCUT2D eigenvalue weighted by molar-refractivity contribution is -0.140. The summed E-state index contributed by atoms with van der Waals surface area (Å²) < 4.78 is 4.84. The number of carboxylic acids is 1. The van der Waals surface area contributed by atoms with E-state index in [9.17, 15) is 4.79 Å². The van der Waals surface area contributed by atoms with Crippen molar-refractivity contribution >= 4 is 11.9 Å². The van der Waals surface area contributed by atoms with Crippen molar-refractivity contribution in [2.24, 2.45) is 5.92 Å². The molecule has 0 amide bonds. The first-order valence-corrected chi connectivity index (χ1v) is 10.9. The Bertz CT molecular complexity index is 605. The number of allylic oxidation sites excluding steroid dienone is 7. The van der Waals surface area contributed by atoms with Crippen molar-refractivity contribution in [3.8, 4) is 0 Å². The molecule has 1 aliphatic rings. The van der Waals surface area contributed by atoms with Crippen molar-refractivity contribution < 1.29 is 19.4 Å². The molecule has 0 bridgehead atoms. The molecule has 1 saturated carbocycles. The number of ether oxygens (including phenoxy) is 1. The Labute approximate surface area is 184 Å². The minimum Gasteiger partial charge on any atom is -0.481 e. The second-order valence-electron chi connectivity index (χ2n) is 8.26. The molecule has 1 N–H and O–H groups in total. The zero-order chi connectivity index (χ0) is 23.5. The number of esters is 1. The van der Waals surface area contributed by atoms with E-state index in [1.54, 1.807) is 5.57 Å². The summed E-state index contributed by atoms with van der Waals surface area (Å²) in [6.45, 7) is 15.9. The number of aliphatic carboxylic acids is 1. The van der Waals surface area contributed by atoms with E-state index < -0.39 is 5.97 Å². The molecule has 0 aromatic heterocycles. The smallest absolute Gasteiger partial charge is 0.302 e. The Morgan fingerprint density at radius 1 is 0.833 bits per heavy atom. The third kappa shape index (κ3) is 28.1. The standard InChI is InChI=1S/C13H22O2.C11H18.C2H4O2/c1-11(2)7-5-8-12(3)9-6-10-15-13(4)14;1-9(2)5-4-6-10(3)11-7-8-11;1-2(3)4/h7,9H,5-6,8,10H2,1-4H3;5-6,11H,4,7-8H2,1-3H3;1H3,(H,3,4)/b12-9+;10-6+;. The van der Waals surface area contributed by atoms with Gasteiger partial charge in [-0.1, -0.05) is 46.6 Å². The molecule has 0 aromatic carbocycles. The molecule has 30 heavy (non-hydrogen) atoms. The van der Waals surface area contributed by atoms with Crippen molar-refractivity contribution in [3.63, 3.8) is 0 Å². The number of carbonyl (C=O) groups is 2. The van der Waals surface area contributed by atoms with E-state index in [4.69, 9.17) is 14.6 Å². The minimum absolute atomic E-state index is 0.203. The van der Waals surface area contributed by atoms with Gasteiger partial charge in [0.25, 0.3) is 5.97 Å². The fourth-order valence-electron chi connectivity index (χ4n) is 2.38. The molecule has 1 aliphatic carbocycles. The number of hydrogen-bond donors (Lipinski definition) is 1. The monoisotopic (exact) mass is 420 g/mol. The van der Waals surface area contributed by atoms with E-state index in [2.05, 4.69) is 65.8 Å². The van der Waals surface area contributed by atoms with Gasteiger partial charge >= 0.3 is 5.97 Å². The van der Waals surface area contributed by atoms with Crippen molar-refractivity contribution in [2.45, 2.75) is 93.9 Å². The zero-order valence-corrected chi connectivity index (χ0v) is 20.5. The quantitative estimate of drug-likeness (QED) is 0.239. The molecule has 172 valence electrons. The third-order valence-electron chi connectivity index (χ3n) is 4.19. The Hall–Kier alpha value is -2.10. The van der Waals surface area contributed by atoms with Crippen LogP contribution in [0.25, 0.3) is 0 Å². The average Bonchev–Trinajstić information content (AvgIpc) is 3.43. The molecule has 0 aliphatic heterocycles. The van der Waals surface area contributed by atoms with Crippen LogP contribution in [0, 0.1) is 5.92 Å². The van der Waals surface area contributed by atoms with Crippen LogP contribution in [0.1, 0.15) is 93.9 Å². The number of hydrogen-bond acceptors (Lipinski definition) is 3. The summed E-state index contributed by atoms with van der Waals surface area (Å²) in [6.07, 6.45) is 16.0. The molecular weight excluding hydrogens is 376 g/mol. The van der Waals surface area contributed by atoms with Gasteiger partial charge in [0.2, 0.25) is 0 Å². The molecule has 1 fully saturated rings. The Kier molecular flexibility index (Phi) is 19.0. The Balaban J connectivity index is 0. The van der Waals surface area contributed by atoms with Gasteiger partial charge in [0.15, 0.2) is 0 Å². The summed E-state index contributed by atoms with van der Waals surface area (Å²) in [5, 5.41) is 7.42. The van der Waals surface area contributed by atoms with E-state index in [1.165, 1.54) is 36.5 Å². The fraction of sp³-hybridized carbons (Fsp3) is 0.615. The van der Waals surface area contributed by atoms with Gasteiger partial charge in [0.1, 0.15) is 0 Å². The minimum atomic E-state index is -0.833. The highest BCUT2D eigenvalue weighted by molar-refractivity contribution is 5.65. The van der Waals surface area contributed by atoms with E-state index >= 15 is 0 Å². The summed E-state index contributed by atoms with van der Waals surface area (Å²) >= 11 is 0. The predicted molar refractivity (Wildman–Crippen MR) is 128 cm³/mol. The van der Waals surface area contributed by atoms with Crippen molar-refractivity contribution in [3.05, 3.63) is 46.6 Å². The van der Waals surface area contributed by atoms with Gasteiger partial charge in [0.05, 0.1) is 6.61 Å². The van der Waals surface area contributed by atoms with Gasteiger partial charge in [0, 0.05) is 13.8 Å². The lowest BCUT2D eigenvalue weighted by atomic mass is 10.1. The molecule has 0 aromatic rings. The van der Waals surface area contributed by atoms with E-state index in [-0.39, 0.29) is 5.97 Å². The van der Waals surface area contributed by atoms with Crippen molar-refractivity contribution in [1.29, 1.82) is 0 Å². The first kappa shape index (κ1) is 30.1. The molecule has 0 unspecified atom stereocenters. The van der Waals surface area contributed by atoms with Crippen LogP contribution in [-0.4, -0.2) is 23.7 Å². The normalized spacial score (nSPS) is 13.1. The highest BCUT2D eigenvalue weighted by Crippen LogP contribution is 2.36. The molecule has 0 radical (unpaired) electrons. The summed E-state index contributed by atoms with van der Waals surface area (Å²) in [5.74, 6) is -0.0915. The number of rotatable bonds is 9. The zero-order valence-electron chi connectivity index (χ0n) is 20.5. The maximum absolute atomic E-state index is 10.5. The SMILES string of the molecule is CC(=O)O.CC(=O)OCC/C=C(\C)CCC=C(C)C.CC(C)=CC/C=C(\C)C1CC1. The van der Waals surface area contributed by atoms with Crippen LogP contribution in [0.3, 0.4) is 0 Å². The second-order valence-corrected chi connectivity index (χ2v) is 8.26. The molecule has 0 spiro atoms. The maximum atomic E-state index is 10.5. The molecule has 0 saturated heterocycles. The number of carboxylic acid groups (broad SMARTS) is 1. The van der Waals surface area contributed by atoms with E-state index in [0.717, 1.165) is 38.5 Å². The van der Waals surface area contributed by atoms with Gasteiger partial charge in [-0.05, 0) is 86.0 Å². The van der Waals surface area contributed by atoms with Gasteiger partial charge in [-0.2, -0.15) is 0 Å². The molecule has 0 atom stereocenters. The van der Waals surface area contributed by atoms with Gasteiger partial charge in [-0.25, -0.2) is 0 Å². The van der Waals surface area contributed by atoms with Gasteiger partial charge in [-0.15, -0.1) is 0 Å². The first-order valence-electron chi connectivity index (χ1n) is 10.9. The second kappa shape index (κ2) is 18.9. The Morgan fingerprint density at radius 3 is 1.80 bits per heavy atom. The molecular formula is C26H44O4. The summed E-state index contributed by atoms with van der Waals surface area (Å²) in [5.41, 5.74) is 5.75. The van der Waals surface area contributed by atoms with Crippen LogP contribution >= 0.6 is 0 Å². The van der Waals surface area contributed by atoms with Crippen molar-refractivity contribution in [2.75, 3.05) is 6.61 Å². The van der Waals surface area contributed by atoms with E-state index in [1.807, 2.05) is 0 Å². The molecule has 1 rings (SSSR count). The summed E-state index contributed by atoms with van der Waals surface area (Å²) in [4.78, 5) is 19.5. The molecule has 4 nitrogen and oxygen atoms in total. The lowest BCUT2D eigenvalue weighted by Gasteiger charge is -2.00. The van der Waals surface area contributed by atoms with Crippen LogP contribution in [-0.2, 0) is 14.3 Å². The van der Waals surface area contributed by atoms with Gasteiger partial charge < -0.3 is 9.84 Å². The van der Waals surface area contributed by atoms with Crippen LogP contribution in [0.15, 0.2) is 46.6 Å².